The molecule has 9 nitrogen and oxygen atoms in total. The minimum Gasteiger partial charge on any atom is -0.490 e. The van der Waals surface area contributed by atoms with Crippen molar-refractivity contribution < 1.29 is 32.2 Å². The molecule has 0 atom stereocenters. The summed E-state index contributed by atoms with van der Waals surface area (Å²) >= 11 is 0. The van der Waals surface area contributed by atoms with Crippen LogP contribution in [-0.4, -0.2) is 40.1 Å². The summed E-state index contributed by atoms with van der Waals surface area (Å²) in [4.78, 5) is 24.4. The summed E-state index contributed by atoms with van der Waals surface area (Å²) < 4.78 is 39.1. The Morgan fingerprint density at radius 3 is 2.30 bits per heavy atom. The lowest BCUT2D eigenvalue weighted by atomic mass is 10.2. The first kappa shape index (κ1) is 23.8. The first-order valence-corrected chi connectivity index (χ1v) is 11.4. The number of hydrogen-bond acceptors (Lipinski definition) is 7. The van der Waals surface area contributed by atoms with Crippen molar-refractivity contribution in [3.05, 3.63) is 84.4 Å². The third kappa shape index (κ3) is 7.34. The van der Waals surface area contributed by atoms with E-state index < -0.39 is 28.5 Å². The molecular formula is C23H22N2O7S. The standard InChI is InChI=1S/C23H22N2O7S/c24-33(28,29)19-10-6-7-17(15-19)25-22(26)16-32-23(27)20-11-4-5-12-21(20)31-14-13-30-18-8-2-1-3-9-18/h1-12,15H,13-14,16H2,(H,25,26)(H2,24,28,29). The molecule has 0 aliphatic heterocycles. The minimum atomic E-state index is -3.91. The van der Waals surface area contributed by atoms with Gasteiger partial charge < -0.3 is 19.5 Å². The van der Waals surface area contributed by atoms with Gasteiger partial charge in [0.05, 0.1) is 4.90 Å². The van der Waals surface area contributed by atoms with E-state index in [1.54, 1.807) is 18.2 Å². The zero-order chi connectivity index (χ0) is 23.7. The van der Waals surface area contributed by atoms with E-state index in [0.717, 1.165) is 0 Å². The molecule has 0 bridgehead atoms. The average molecular weight is 471 g/mol. The Labute approximate surface area is 191 Å². The normalized spacial score (nSPS) is 10.8. The Hall–Kier alpha value is -3.89. The second-order valence-corrected chi connectivity index (χ2v) is 8.26. The van der Waals surface area contributed by atoms with E-state index in [9.17, 15) is 18.0 Å². The lowest BCUT2D eigenvalue weighted by molar-refractivity contribution is -0.119. The van der Waals surface area contributed by atoms with Gasteiger partial charge in [0.1, 0.15) is 30.3 Å². The van der Waals surface area contributed by atoms with Crippen LogP contribution in [0.25, 0.3) is 0 Å². The Morgan fingerprint density at radius 1 is 0.848 bits per heavy atom. The molecule has 3 aromatic rings. The van der Waals surface area contributed by atoms with Crippen LogP contribution in [0.3, 0.4) is 0 Å². The Morgan fingerprint density at radius 2 is 1.55 bits per heavy atom. The number of benzene rings is 3. The van der Waals surface area contributed by atoms with E-state index >= 15 is 0 Å². The second-order valence-electron chi connectivity index (χ2n) is 6.70. The highest BCUT2D eigenvalue weighted by Crippen LogP contribution is 2.19. The van der Waals surface area contributed by atoms with Crippen molar-refractivity contribution in [2.24, 2.45) is 5.14 Å². The van der Waals surface area contributed by atoms with E-state index in [-0.39, 0.29) is 29.4 Å². The number of sulfonamides is 1. The van der Waals surface area contributed by atoms with Gasteiger partial charge in [0.15, 0.2) is 6.61 Å². The Bertz CT molecular complexity index is 1210. The average Bonchev–Trinajstić information content (AvgIpc) is 2.81. The van der Waals surface area contributed by atoms with Gasteiger partial charge in [-0.2, -0.15) is 0 Å². The number of ether oxygens (including phenoxy) is 3. The van der Waals surface area contributed by atoms with Crippen LogP contribution in [-0.2, 0) is 19.6 Å². The molecule has 0 aliphatic carbocycles. The molecule has 0 aliphatic rings. The summed E-state index contributed by atoms with van der Waals surface area (Å²) in [6.07, 6.45) is 0. The van der Waals surface area contributed by atoms with E-state index in [1.807, 2.05) is 30.3 Å². The summed E-state index contributed by atoms with van der Waals surface area (Å²) in [6.45, 7) is -0.114. The molecule has 0 spiro atoms. The smallest absolute Gasteiger partial charge is 0.342 e. The van der Waals surface area contributed by atoms with Gasteiger partial charge in [-0.3, -0.25) is 4.79 Å². The molecule has 0 radical (unpaired) electrons. The number of primary sulfonamides is 1. The monoisotopic (exact) mass is 470 g/mol. The fourth-order valence-electron chi connectivity index (χ4n) is 2.75. The molecule has 3 aromatic carbocycles. The molecule has 10 heteroatoms. The molecule has 172 valence electrons. The number of esters is 1. The van der Waals surface area contributed by atoms with Crippen LogP contribution in [0.15, 0.2) is 83.8 Å². The predicted molar refractivity (Wildman–Crippen MR) is 121 cm³/mol. The van der Waals surface area contributed by atoms with E-state index in [4.69, 9.17) is 19.3 Å². The van der Waals surface area contributed by atoms with Gasteiger partial charge in [-0.1, -0.05) is 36.4 Å². The van der Waals surface area contributed by atoms with Crippen molar-refractivity contribution in [1.29, 1.82) is 0 Å². The van der Waals surface area contributed by atoms with Gasteiger partial charge in [-0.25, -0.2) is 18.4 Å². The number of carbonyl (C=O) groups excluding carboxylic acids is 2. The van der Waals surface area contributed by atoms with Gasteiger partial charge in [0, 0.05) is 5.69 Å². The number of nitrogens with one attached hydrogen (secondary N) is 1. The maximum Gasteiger partial charge on any atom is 0.342 e. The van der Waals surface area contributed by atoms with Gasteiger partial charge in [-0.15, -0.1) is 0 Å². The van der Waals surface area contributed by atoms with E-state index in [1.165, 1.54) is 30.3 Å². The first-order chi connectivity index (χ1) is 15.8. The molecule has 0 aromatic heterocycles. The third-order valence-corrected chi connectivity index (χ3v) is 5.15. The van der Waals surface area contributed by atoms with Crippen LogP contribution in [0.1, 0.15) is 10.4 Å². The number of para-hydroxylation sites is 2. The maximum atomic E-state index is 12.5. The SMILES string of the molecule is NS(=O)(=O)c1cccc(NC(=O)COC(=O)c2ccccc2OCCOc2ccccc2)c1. The summed E-state index contributed by atoms with van der Waals surface area (Å²) in [6, 6.07) is 21.1. The van der Waals surface area contributed by atoms with Crippen molar-refractivity contribution in [2.75, 3.05) is 25.1 Å². The number of amides is 1. The molecule has 33 heavy (non-hydrogen) atoms. The van der Waals surface area contributed by atoms with Gasteiger partial charge in [0.2, 0.25) is 10.0 Å². The zero-order valence-corrected chi connectivity index (χ0v) is 18.3. The van der Waals surface area contributed by atoms with Crippen LogP contribution in [0.4, 0.5) is 5.69 Å². The topological polar surface area (TPSA) is 134 Å². The Balaban J connectivity index is 1.51. The van der Waals surface area contributed by atoms with Crippen molar-refractivity contribution in [1.82, 2.24) is 0 Å². The minimum absolute atomic E-state index is 0.153. The molecule has 1 amide bonds. The summed E-state index contributed by atoms with van der Waals surface area (Å²) in [5.74, 6) is -0.401. The van der Waals surface area contributed by atoms with Crippen molar-refractivity contribution in [3.63, 3.8) is 0 Å². The van der Waals surface area contributed by atoms with Crippen LogP contribution in [0.5, 0.6) is 11.5 Å². The lowest BCUT2D eigenvalue weighted by Gasteiger charge is -2.12. The number of nitrogens with two attached hydrogens (primary N) is 1. The highest BCUT2D eigenvalue weighted by molar-refractivity contribution is 7.89. The number of anilines is 1. The third-order valence-electron chi connectivity index (χ3n) is 4.24. The maximum absolute atomic E-state index is 12.5. The molecule has 3 rings (SSSR count). The van der Waals surface area contributed by atoms with Crippen molar-refractivity contribution in [3.8, 4) is 11.5 Å². The van der Waals surface area contributed by atoms with E-state index in [0.29, 0.717) is 11.5 Å². The Kier molecular flexibility index (Phi) is 8.01. The van der Waals surface area contributed by atoms with Crippen LogP contribution in [0.2, 0.25) is 0 Å². The van der Waals surface area contributed by atoms with E-state index in [2.05, 4.69) is 5.32 Å². The molecule has 0 heterocycles. The first-order valence-electron chi connectivity index (χ1n) is 9.82. The summed E-state index contributed by atoms with van der Waals surface area (Å²) in [7, 11) is -3.91. The van der Waals surface area contributed by atoms with Crippen molar-refractivity contribution in [2.45, 2.75) is 4.90 Å². The van der Waals surface area contributed by atoms with Gasteiger partial charge in [0.25, 0.3) is 5.91 Å². The predicted octanol–water partition coefficient (Wildman–Crippen LogP) is 2.59. The van der Waals surface area contributed by atoms with Crippen LogP contribution in [0, 0.1) is 0 Å². The number of hydrogen-bond donors (Lipinski definition) is 2. The molecule has 0 unspecified atom stereocenters. The zero-order valence-electron chi connectivity index (χ0n) is 17.5. The van der Waals surface area contributed by atoms with Crippen molar-refractivity contribution >= 4 is 27.6 Å². The highest BCUT2D eigenvalue weighted by atomic mass is 32.2. The summed E-state index contributed by atoms with van der Waals surface area (Å²) in [5.41, 5.74) is 0.353. The molecular weight excluding hydrogens is 448 g/mol. The second kappa shape index (κ2) is 11.1. The fraction of sp³-hybridized carbons (Fsp3) is 0.130. The molecule has 0 saturated heterocycles. The number of rotatable bonds is 10. The number of carbonyl (C=O) groups is 2. The highest BCUT2D eigenvalue weighted by Gasteiger charge is 2.16. The molecule has 3 N–H and O–H groups in total. The molecule has 0 saturated carbocycles. The van der Waals surface area contributed by atoms with Gasteiger partial charge in [-0.05, 0) is 42.5 Å². The largest absolute Gasteiger partial charge is 0.490 e. The molecule has 0 fully saturated rings. The summed E-state index contributed by atoms with van der Waals surface area (Å²) in [5, 5.41) is 7.53. The lowest BCUT2D eigenvalue weighted by Crippen LogP contribution is -2.21. The van der Waals surface area contributed by atoms with Crippen LogP contribution >= 0.6 is 0 Å². The van der Waals surface area contributed by atoms with Crippen LogP contribution < -0.4 is 19.9 Å². The quantitative estimate of drug-likeness (QED) is 0.344. The fourth-order valence-corrected chi connectivity index (χ4v) is 3.31. The van der Waals surface area contributed by atoms with Gasteiger partial charge >= 0.3 is 5.97 Å².